The second kappa shape index (κ2) is 3.11. The molecule has 62 valence electrons. The Kier molecular flexibility index (Phi) is 1.96. The fourth-order valence-electron chi connectivity index (χ4n) is 1.21. The Balaban J connectivity index is 2.20. The predicted octanol–water partition coefficient (Wildman–Crippen LogP) is 1.81. The Morgan fingerprint density at radius 1 is 1.58 bits per heavy atom. The summed E-state index contributed by atoms with van der Waals surface area (Å²) in [6, 6.07) is 3.75. The lowest BCUT2D eigenvalue weighted by Gasteiger charge is -1.99. The summed E-state index contributed by atoms with van der Waals surface area (Å²) < 4.78 is 0. The van der Waals surface area contributed by atoms with Crippen LogP contribution in [0.1, 0.15) is 16.1 Å². The molecular weight excluding hydrogens is 170 g/mol. The van der Waals surface area contributed by atoms with Crippen molar-refractivity contribution in [2.24, 2.45) is 0 Å². The second-order valence-corrected chi connectivity index (χ2v) is 3.59. The van der Waals surface area contributed by atoms with Gasteiger partial charge < -0.3 is 5.32 Å². The molecule has 0 radical (unpaired) electrons. The summed E-state index contributed by atoms with van der Waals surface area (Å²) in [5.74, 6) is 0.127. The van der Waals surface area contributed by atoms with Crippen molar-refractivity contribution < 1.29 is 4.79 Å². The molecule has 0 atom stereocenters. The molecule has 0 fully saturated rings. The van der Waals surface area contributed by atoms with Crippen molar-refractivity contribution in [3.63, 3.8) is 0 Å². The summed E-state index contributed by atoms with van der Waals surface area (Å²) in [7, 11) is 0. The summed E-state index contributed by atoms with van der Waals surface area (Å²) in [6.07, 6.45) is 2.93. The lowest BCUT2D eigenvalue weighted by molar-refractivity contribution is 0.103. The van der Waals surface area contributed by atoms with Crippen LogP contribution in [0.25, 0.3) is 0 Å². The van der Waals surface area contributed by atoms with Gasteiger partial charge in [0.2, 0.25) is 5.78 Å². The summed E-state index contributed by atoms with van der Waals surface area (Å²) in [6.45, 7) is 0.895. The maximum absolute atomic E-state index is 11.6. The van der Waals surface area contributed by atoms with Crippen molar-refractivity contribution >= 4 is 17.1 Å². The highest BCUT2D eigenvalue weighted by molar-refractivity contribution is 7.12. The molecule has 12 heavy (non-hydrogen) atoms. The van der Waals surface area contributed by atoms with Gasteiger partial charge in [-0.2, -0.15) is 0 Å². The van der Waals surface area contributed by atoms with Crippen LogP contribution in [0, 0.1) is 0 Å². The molecule has 1 N–H and O–H groups in total. The monoisotopic (exact) mass is 179 g/mol. The third-order valence-corrected chi connectivity index (χ3v) is 2.67. The number of carbonyl (C=O) groups excluding carboxylic acids is 1. The maximum atomic E-state index is 11.6. The number of ketones is 1. The third kappa shape index (κ3) is 1.28. The van der Waals surface area contributed by atoms with E-state index in [0.29, 0.717) is 0 Å². The summed E-state index contributed by atoms with van der Waals surface area (Å²) in [4.78, 5) is 12.4. The van der Waals surface area contributed by atoms with E-state index in [1.54, 1.807) is 0 Å². The Labute approximate surface area is 74.9 Å². The molecule has 0 aliphatic carbocycles. The van der Waals surface area contributed by atoms with Crippen LogP contribution in [0.2, 0.25) is 0 Å². The lowest BCUT2D eigenvalue weighted by atomic mass is 10.2. The minimum Gasteiger partial charge on any atom is -0.382 e. The molecule has 1 aliphatic rings. The molecule has 3 heteroatoms. The summed E-state index contributed by atoms with van der Waals surface area (Å²) >= 11 is 1.49. The SMILES string of the molecule is O=C(C1=CCCN1)c1cccs1. The molecule has 2 heterocycles. The van der Waals surface area contributed by atoms with Gasteiger partial charge in [0.25, 0.3) is 0 Å². The molecule has 0 aromatic carbocycles. The Morgan fingerprint density at radius 3 is 3.08 bits per heavy atom. The van der Waals surface area contributed by atoms with Crippen molar-refractivity contribution in [2.45, 2.75) is 6.42 Å². The summed E-state index contributed by atoms with van der Waals surface area (Å²) in [5.41, 5.74) is 0.762. The van der Waals surface area contributed by atoms with E-state index in [1.165, 1.54) is 11.3 Å². The van der Waals surface area contributed by atoms with E-state index in [1.807, 2.05) is 23.6 Å². The largest absolute Gasteiger partial charge is 0.382 e. The van der Waals surface area contributed by atoms with Crippen molar-refractivity contribution in [3.8, 4) is 0 Å². The number of rotatable bonds is 2. The molecule has 0 saturated carbocycles. The molecular formula is C9H9NOS. The van der Waals surface area contributed by atoms with Gasteiger partial charge >= 0.3 is 0 Å². The maximum Gasteiger partial charge on any atom is 0.218 e. The van der Waals surface area contributed by atoms with Gasteiger partial charge in [-0.25, -0.2) is 0 Å². The van der Waals surface area contributed by atoms with E-state index in [4.69, 9.17) is 0 Å². The smallest absolute Gasteiger partial charge is 0.218 e. The quantitative estimate of drug-likeness (QED) is 0.701. The Bertz CT molecular complexity index is 313. The fraction of sp³-hybridized carbons (Fsp3) is 0.222. The van der Waals surface area contributed by atoms with Crippen molar-refractivity contribution in [3.05, 3.63) is 34.2 Å². The normalized spacial score (nSPS) is 15.5. The second-order valence-electron chi connectivity index (χ2n) is 2.64. The number of allylic oxidation sites excluding steroid dienone is 1. The van der Waals surface area contributed by atoms with Gasteiger partial charge in [0.15, 0.2) is 0 Å². The first-order valence-electron chi connectivity index (χ1n) is 3.90. The van der Waals surface area contributed by atoms with Gasteiger partial charge in [0.05, 0.1) is 10.6 Å². The third-order valence-electron chi connectivity index (χ3n) is 1.80. The van der Waals surface area contributed by atoms with E-state index >= 15 is 0 Å². The van der Waals surface area contributed by atoms with E-state index in [2.05, 4.69) is 5.32 Å². The number of hydrogen-bond acceptors (Lipinski definition) is 3. The van der Waals surface area contributed by atoms with Crippen molar-refractivity contribution in [1.82, 2.24) is 5.32 Å². The van der Waals surface area contributed by atoms with E-state index in [-0.39, 0.29) is 5.78 Å². The Hall–Kier alpha value is -1.09. The predicted molar refractivity (Wildman–Crippen MR) is 49.4 cm³/mol. The van der Waals surface area contributed by atoms with Crippen molar-refractivity contribution in [2.75, 3.05) is 6.54 Å². The molecule has 0 bridgehead atoms. The van der Waals surface area contributed by atoms with Gasteiger partial charge in [-0.1, -0.05) is 12.1 Å². The first-order valence-corrected chi connectivity index (χ1v) is 4.78. The summed E-state index contributed by atoms with van der Waals surface area (Å²) in [5, 5.41) is 4.98. The van der Waals surface area contributed by atoms with Gasteiger partial charge in [-0.3, -0.25) is 4.79 Å². The molecule has 0 amide bonds. The number of thiophene rings is 1. The van der Waals surface area contributed by atoms with Gasteiger partial charge in [-0.15, -0.1) is 11.3 Å². The lowest BCUT2D eigenvalue weighted by Crippen LogP contribution is -2.15. The van der Waals surface area contributed by atoms with Crippen LogP contribution >= 0.6 is 11.3 Å². The first kappa shape index (κ1) is 7.55. The van der Waals surface area contributed by atoms with E-state index in [9.17, 15) is 4.79 Å². The molecule has 1 aromatic heterocycles. The van der Waals surface area contributed by atoms with Crippen LogP contribution in [-0.2, 0) is 0 Å². The van der Waals surface area contributed by atoms with Crippen LogP contribution in [0.4, 0.5) is 0 Å². The topological polar surface area (TPSA) is 29.1 Å². The molecule has 0 saturated heterocycles. The molecule has 2 rings (SSSR count). The zero-order chi connectivity index (χ0) is 8.39. The van der Waals surface area contributed by atoms with Gasteiger partial charge in [0, 0.05) is 6.54 Å². The minimum atomic E-state index is 0.127. The highest BCUT2D eigenvalue weighted by Gasteiger charge is 2.14. The molecule has 0 unspecified atom stereocenters. The standard InChI is InChI=1S/C9H9NOS/c11-9(7-3-1-5-10-7)8-4-2-6-12-8/h2-4,6,10H,1,5H2. The highest BCUT2D eigenvalue weighted by atomic mass is 32.1. The average molecular weight is 179 g/mol. The molecule has 1 aliphatic heterocycles. The van der Waals surface area contributed by atoms with Gasteiger partial charge in [-0.05, 0) is 17.9 Å². The van der Waals surface area contributed by atoms with E-state index in [0.717, 1.165) is 23.5 Å². The number of hydrogen-bond donors (Lipinski definition) is 1. The van der Waals surface area contributed by atoms with Crippen LogP contribution in [0.3, 0.4) is 0 Å². The zero-order valence-corrected chi connectivity index (χ0v) is 7.36. The van der Waals surface area contributed by atoms with Crippen LogP contribution in [-0.4, -0.2) is 12.3 Å². The number of carbonyl (C=O) groups is 1. The van der Waals surface area contributed by atoms with Gasteiger partial charge in [0.1, 0.15) is 0 Å². The number of Topliss-reactive ketones (excluding diaryl/α,β-unsaturated/α-hetero) is 1. The minimum absolute atomic E-state index is 0.127. The zero-order valence-electron chi connectivity index (χ0n) is 6.54. The molecule has 2 nitrogen and oxygen atoms in total. The van der Waals surface area contributed by atoms with Crippen LogP contribution in [0.5, 0.6) is 0 Å². The first-order chi connectivity index (χ1) is 5.88. The Morgan fingerprint density at radius 2 is 2.50 bits per heavy atom. The highest BCUT2D eigenvalue weighted by Crippen LogP contribution is 2.15. The number of nitrogens with one attached hydrogen (secondary N) is 1. The van der Waals surface area contributed by atoms with E-state index < -0.39 is 0 Å². The average Bonchev–Trinajstić information content (AvgIpc) is 2.77. The van der Waals surface area contributed by atoms with Crippen LogP contribution in [0.15, 0.2) is 29.3 Å². The van der Waals surface area contributed by atoms with Crippen LogP contribution < -0.4 is 5.32 Å². The molecule has 1 aromatic rings. The fourth-order valence-corrected chi connectivity index (χ4v) is 1.89. The van der Waals surface area contributed by atoms with Crippen molar-refractivity contribution in [1.29, 1.82) is 0 Å². The molecule has 0 spiro atoms.